The zero-order valence-electron chi connectivity index (χ0n) is 21.5. The van der Waals surface area contributed by atoms with Crippen molar-refractivity contribution >= 4 is 39.4 Å². The van der Waals surface area contributed by atoms with Crippen LogP contribution in [-0.2, 0) is 18.4 Å². The molecule has 1 atom stereocenters. The van der Waals surface area contributed by atoms with Crippen LogP contribution in [0.4, 0.5) is 5.69 Å². The highest BCUT2D eigenvalue weighted by atomic mass is 16.5. The Bertz CT molecular complexity index is 1710. The van der Waals surface area contributed by atoms with Crippen LogP contribution in [0.5, 0.6) is 11.5 Å². The minimum absolute atomic E-state index is 0.102. The Kier molecular flexibility index (Phi) is 6.03. The molecule has 1 aromatic heterocycles. The van der Waals surface area contributed by atoms with Gasteiger partial charge in [0.05, 0.1) is 26.5 Å². The van der Waals surface area contributed by atoms with E-state index < -0.39 is 23.9 Å². The number of hydrogen-bond acceptors (Lipinski definition) is 7. The summed E-state index contributed by atoms with van der Waals surface area (Å²) >= 11 is 0. The largest absolute Gasteiger partial charge is 0.509 e. The van der Waals surface area contributed by atoms with Crippen LogP contribution in [0.2, 0.25) is 0 Å². The van der Waals surface area contributed by atoms with Crippen molar-refractivity contribution in [3.63, 3.8) is 0 Å². The number of carboxylic acids is 1. The highest BCUT2D eigenvalue weighted by Crippen LogP contribution is 2.44. The lowest BCUT2D eigenvalue weighted by Crippen LogP contribution is -2.60. The molecule has 0 saturated heterocycles. The van der Waals surface area contributed by atoms with Crippen LogP contribution in [-0.4, -0.2) is 52.2 Å². The summed E-state index contributed by atoms with van der Waals surface area (Å²) in [6, 6.07) is 12.4. The zero-order valence-corrected chi connectivity index (χ0v) is 21.5. The number of aliphatic hydroxyl groups excluding tert-OH is 2. The second-order valence-corrected chi connectivity index (χ2v) is 9.45. The van der Waals surface area contributed by atoms with Crippen molar-refractivity contribution in [3.8, 4) is 11.5 Å². The van der Waals surface area contributed by atoms with Gasteiger partial charge >= 0.3 is 5.97 Å². The molecule has 0 saturated carbocycles. The van der Waals surface area contributed by atoms with Crippen LogP contribution in [0.25, 0.3) is 27.8 Å². The highest BCUT2D eigenvalue weighted by molar-refractivity contribution is 6.08. The molecule has 3 aromatic carbocycles. The van der Waals surface area contributed by atoms with E-state index in [-0.39, 0.29) is 17.5 Å². The van der Waals surface area contributed by atoms with Crippen LogP contribution in [0.1, 0.15) is 16.7 Å². The molecule has 9 nitrogen and oxygen atoms in total. The fourth-order valence-corrected chi connectivity index (χ4v) is 5.29. The van der Waals surface area contributed by atoms with Crippen molar-refractivity contribution in [3.05, 3.63) is 81.3 Å². The van der Waals surface area contributed by atoms with Crippen LogP contribution in [0.3, 0.4) is 0 Å². The Balaban J connectivity index is 1.92. The molecule has 38 heavy (non-hydrogen) atoms. The molecule has 5 rings (SSSR count). The summed E-state index contributed by atoms with van der Waals surface area (Å²) in [5.74, 6) is -1.13. The molecule has 196 valence electrons. The smallest absolute Gasteiger partial charge is 0.340 e. The zero-order chi connectivity index (χ0) is 27.4. The molecule has 0 bridgehead atoms. The fourth-order valence-electron chi connectivity index (χ4n) is 5.29. The third-order valence-corrected chi connectivity index (χ3v) is 7.41. The number of nitrogens with zero attached hydrogens (tertiary/aromatic N) is 2. The molecule has 9 heteroatoms. The van der Waals surface area contributed by atoms with Gasteiger partial charge in [0, 0.05) is 53.3 Å². The van der Waals surface area contributed by atoms with Gasteiger partial charge < -0.3 is 34.3 Å². The summed E-state index contributed by atoms with van der Waals surface area (Å²) in [4.78, 5) is 27.7. The third-order valence-electron chi connectivity index (χ3n) is 7.41. The van der Waals surface area contributed by atoms with Crippen molar-refractivity contribution in [1.82, 2.24) is 4.57 Å². The van der Waals surface area contributed by atoms with Gasteiger partial charge in [-0.1, -0.05) is 0 Å². The van der Waals surface area contributed by atoms with Crippen LogP contribution in [0, 0.1) is 6.92 Å². The summed E-state index contributed by atoms with van der Waals surface area (Å²) in [6.07, 6.45) is 3.09. The van der Waals surface area contributed by atoms with Crippen molar-refractivity contribution in [2.24, 2.45) is 7.05 Å². The lowest BCUT2D eigenvalue weighted by molar-refractivity contribution is -0.144. The minimum Gasteiger partial charge on any atom is -0.509 e. The Morgan fingerprint density at radius 1 is 1.05 bits per heavy atom. The number of anilines is 1. The summed E-state index contributed by atoms with van der Waals surface area (Å²) in [6.45, 7) is 0.777. The normalized spacial score (nSPS) is 16.9. The van der Waals surface area contributed by atoms with Gasteiger partial charge in [0.15, 0.2) is 5.43 Å². The molecule has 1 aliphatic rings. The number of benzene rings is 2. The van der Waals surface area contributed by atoms with Gasteiger partial charge in [-0.15, -0.1) is 0 Å². The van der Waals surface area contributed by atoms with E-state index in [1.807, 2.05) is 42.9 Å². The van der Waals surface area contributed by atoms with Crippen molar-refractivity contribution in [2.75, 3.05) is 25.7 Å². The summed E-state index contributed by atoms with van der Waals surface area (Å²) < 4.78 is 12.8. The number of aliphatic carboxylic acids is 1. The molecular formula is C29H28N2O7. The predicted octanol–water partition coefficient (Wildman–Crippen LogP) is 3.75. The summed E-state index contributed by atoms with van der Waals surface area (Å²) in [7, 11) is 4.93. The van der Waals surface area contributed by atoms with E-state index in [1.54, 1.807) is 18.2 Å². The maximum atomic E-state index is 13.5. The fraction of sp³-hybridized carbons (Fsp3) is 0.241. The molecule has 0 spiro atoms. The SMILES string of the molecule is COc1ccc(CN2c3c(c(=O)cc(C)c4cc5c(ccn5C)cc34)C=C(O)C2(CO)C(=O)O)c(OC)c1. The lowest BCUT2D eigenvalue weighted by atomic mass is 9.87. The molecule has 0 radical (unpaired) electrons. The molecule has 3 N–H and O–H groups in total. The number of carbonyl (C=O) groups is 1. The van der Waals surface area contributed by atoms with Crippen molar-refractivity contribution < 1.29 is 29.6 Å². The molecule has 4 aromatic rings. The molecule has 0 aliphatic carbocycles. The number of aromatic nitrogens is 1. The third kappa shape index (κ3) is 3.58. The Morgan fingerprint density at radius 3 is 2.47 bits per heavy atom. The summed E-state index contributed by atoms with van der Waals surface area (Å²) in [5, 5.41) is 34.3. The van der Waals surface area contributed by atoms with Gasteiger partial charge in [0.2, 0.25) is 5.54 Å². The maximum absolute atomic E-state index is 13.5. The first kappa shape index (κ1) is 25.2. The number of aliphatic hydroxyl groups is 2. The lowest BCUT2D eigenvalue weighted by Gasteiger charge is -2.43. The average molecular weight is 517 g/mol. The molecule has 0 amide bonds. The first-order chi connectivity index (χ1) is 18.2. The molecule has 2 heterocycles. The minimum atomic E-state index is -2.24. The van der Waals surface area contributed by atoms with E-state index in [9.17, 15) is 24.9 Å². The number of ether oxygens (including phenoxy) is 2. The Hall–Kier alpha value is -4.50. The number of aryl methyl sites for hydroxylation is 2. The van der Waals surface area contributed by atoms with E-state index in [0.717, 1.165) is 22.4 Å². The Labute approximate surface area is 218 Å². The van der Waals surface area contributed by atoms with Gasteiger partial charge in [0.25, 0.3) is 0 Å². The van der Waals surface area contributed by atoms with Gasteiger partial charge in [0.1, 0.15) is 17.3 Å². The van der Waals surface area contributed by atoms with E-state index >= 15 is 0 Å². The topological polar surface area (TPSA) is 121 Å². The quantitative estimate of drug-likeness (QED) is 0.354. The van der Waals surface area contributed by atoms with Crippen molar-refractivity contribution in [1.29, 1.82) is 0 Å². The van der Waals surface area contributed by atoms with E-state index in [2.05, 4.69) is 0 Å². The number of rotatable bonds is 6. The first-order valence-corrected chi connectivity index (χ1v) is 12.0. The molecule has 1 unspecified atom stereocenters. The van der Waals surface area contributed by atoms with Crippen LogP contribution in [0.15, 0.2) is 59.2 Å². The number of fused-ring (bicyclic) bond motifs is 4. The molecular weight excluding hydrogens is 488 g/mol. The van der Waals surface area contributed by atoms with Gasteiger partial charge in [-0.25, -0.2) is 4.79 Å². The van der Waals surface area contributed by atoms with E-state index in [1.165, 1.54) is 25.2 Å². The van der Waals surface area contributed by atoms with E-state index in [4.69, 9.17) is 9.47 Å². The monoisotopic (exact) mass is 516 g/mol. The maximum Gasteiger partial charge on any atom is 0.340 e. The number of methoxy groups -OCH3 is 2. The summed E-state index contributed by atoms with van der Waals surface area (Å²) in [5.41, 5.74) is 0.0142. The van der Waals surface area contributed by atoms with Gasteiger partial charge in [-0.3, -0.25) is 4.79 Å². The Morgan fingerprint density at radius 2 is 1.82 bits per heavy atom. The standard InChI is InChI=1S/C29H28N2O7/c1-16-9-24(33)22-13-26(34)29(15-32,28(35)36)31(14-18-5-6-19(37-3)11-25(18)38-4)27(22)21-10-17-7-8-30(2)23(17)12-20(16)21/h5-13,32,34H,14-15H2,1-4H3,(H,35,36). The van der Waals surface area contributed by atoms with E-state index in [0.29, 0.717) is 33.7 Å². The average Bonchev–Trinajstić information content (AvgIpc) is 3.22. The highest BCUT2D eigenvalue weighted by Gasteiger charge is 2.52. The molecule has 0 fully saturated rings. The number of hydrogen-bond donors (Lipinski definition) is 3. The molecule has 1 aliphatic heterocycles. The van der Waals surface area contributed by atoms with Crippen LogP contribution >= 0.6 is 0 Å². The predicted molar refractivity (Wildman–Crippen MR) is 145 cm³/mol. The second-order valence-electron chi connectivity index (χ2n) is 9.45. The second kappa shape index (κ2) is 9.11. The van der Waals surface area contributed by atoms with Gasteiger partial charge in [-0.05, 0) is 60.3 Å². The number of carboxylic acid groups (broad SMARTS) is 1. The van der Waals surface area contributed by atoms with Gasteiger partial charge in [-0.2, -0.15) is 0 Å². The van der Waals surface area contributed by atoms with Crippen LogP contribution < -0.4 is 19.8 Å². The first-order valence-electron chi connectivity index (χ1n) is 12.0. The van der Waals surface area contributed by atoms with Crippen molar-refractivity contribution in [2.45, 2.75) is 19.0 Å².